The SMILES string of the molecule is COC(=O)NC(C(=O)NC(C)(C)CCCC(CO)N(CCC(C)C)S(=O)(=O)c1ccc(N)cc1)C(c1ccccc1)c1ccccc1. The molecule has 0 saturated heterocycles. The highest BCUT2D eigenvalue weighted by atomic mass is 32.2. The minimum atomic E-state index is -3.90. The number of methoxy groups -OCH3 is 1. The first-order valence-corrected chi connectivity index (χ1v) is 17.5. The molecule has 2 atom stereocenters. The number of anilines is 1. The number of nitrogens with one attached hydrogen (secondary N) is 2. The van der Waals surface area contributed by atoms with Gasteiger partial charge in [0.25, 0.3) is 0 Å². The number of aliphatic hydroxyl groups excluding tert-OH is 1. The Hall–Kier alpha value is -3.93. The van der Waals surface area contributed by atoms with Gasteiger partial charge in [0, 0.05) is 29.7 Å². The zero-order chi connectivity index (χ0) is 34.6. The second kappa shape index (κ2) is 17.3. The van der Waals surface area contributed by atoms with Gasteiger partial charge in [0.05, 0.1) is 18.6 Å². The maximum absolute atomic E-state index is 14.0. The molecule has 0 fully saturated rings. The maximum Gasteiger partial charge on any atom is 0.407 e. The van der Waals surface area contributed by atoms with Gasteiger partial charge < -0.3 is 26.2 Å². The van der Waals surface area contributed by atoms with Crippen LogP contribution in [-0.2, 0) is 19.6 Å². The first kappa shape index (κ1) is 37.5. The summed E-state index contributed by atoms with van der Waals surface area (Å²) >= 11 is 0. The smallest absolute Gasteiger partial charge is 0.407 e. The number of amides is 2. The van der Waals surface area contributed by atoms with E-state index in [0.29, 0.717) is 31.4 Å². The van der Waals surface area contributed by atoms with Crippen molar-refractivity contribution in [3.63, 3.8) is 0 Å². The summed E-state index contributed by atoms with van der Waals surface area (Å²) in [5.41, 5.74) is 7.22. The molecule has 256 valence electrons. The van der Waals surface area contributed by atoms with Crippen molar-refractivity contribution < 1.29 is 27.9 Å². The second-order valence-electron chi connectivity index (χ2n) is 12.9. The van der Waals surface area contributed by atoms with Crippen LogP contribution in [0.1, 0.15) is 70.4 Å². The third kappa shape index (κ3) is 10.8. The molecule has 0 aliphatic carbocycles. The lowest BCUT2D eigenvalue weighted by Gasteiger charge is -2.34. The minimum Gasteiger partial charge on any atom is -0.453 e. The third-order valence-corrected chi connectivity index (χ3v) is 10.2. The van der Waals surface area contributed by atoms with Crippen LogP contribution in [0.2, 0.25) is 0 Å². The van der Waals surface area contributed by atoms with Crippen molar-refractivity contribution in [1.82, 2.24) is 14.9 Å². The lowest BCUT2D eigenvalue weighted by atomic mass is 9.84. The van der Waals surface area contributed by atoms with Gasteiger partial charge in [-0.1, -0.05) is 74.5 Å². The van der Waals surface area contributed by atoms with E-state index in [1.54, 1.807) is 12.1 Å². The fourth-order valence-corrected chi connectivity index (χ4v) is 7.28. The highest BCUT2D eigenvalue weighted by Gasteiger charge is 2.36. The van der Waals surface area contributed by atoms with Crippen LogP contribution in [0, 0.1) is 5.92 Å². The number of nitrogen functional groups attached to an aromatic ring is 1. The number of sulfonamides is 1. The van der Waals surface area contributed by atoms with Gasteiger partial charge >= 0.3 is 6.09 Å². The highest BCUT2D eigenvalue weighted by Crippen LogP contribution is 2.30. The van der Waals surface area contributed by atoms with E-state index in [0.717, 1.165) is 11.1 Å². The molecule has 0 aliphatic heterocycles. The lowest BCUT2D eigenvalue weighted by molar-refractivity contribution is -0.125. The number of ether oxygens (including phenoxy) is 1. The quantitative estimate of drug-likeness (QED) is 0.143. The van der Waals surface area contributed by atoms with Crippen molar-refractivity contribution in [1.29, 1.82) is 0 Å². The molecule has 47 heavy (non-hydrogen) atoms. The molecule has 3 rings (SSSR count). The molecule has 0 heterocycles. The monoisotopic (exact) mass is 666 g/mol. The molecule has 0 bridgehead atoms. The van der Waals surface area contributed by atoms with Crippen LogP contribution in [0.5, 0.6) is 0 Å². The summed E-state index contributed by atoms with van der Waals surface area (Å²) in [7, 11) is -2.65. The fraction of sp³-hybridized carbons (Fsp3) is 0.444. The van der Waals surface area contributed by atoms with Gasteiger partial charge in [-0.15, -0.1) is 0 Å². The Morgan fingerprint density at radius 2 is 1.47 bits per heavy atom. The van der Waals surface area contributed by atoms with E-state index in [9.17, 15) is 23.1 Å². The van der Waals surface area contributed by atoms with Crippen LogP contribution in [0.3, 0.4) is 0 Å². The molecule has 5 N–H and O–H groups in total. The topological polar surface area (TPSA) is 151 Å². The van der Waals surface area contributed by atoms with E-state index in [1.807, 2.05) is 88.4 Å². The van der Waals surface area contributed by atoms with Crippen molar-refractivity contribution in [3.05, 3.63) is 96.1 Å². The molecule has 0 radical (unpaired) electrons. The van der Waals surface area contributed by atoms with E-state index in [1.165, 1.54) is 23.5 Å². The van der Waals surface area contributed by atoms with Crippen LogP contribution in [-0.4, -0.2) is 67.7 Å². The summed E-state index contributed by atoms with van der Waals surface area (Å²) < 4.78 is 33.7. The van der Waals surface area contributed by atoms with E-state index in [4.69, 9.17) is 10.5 Å². The van der Waals surface area contributed by atoms with Crippen molar-refractivity contribution in [2.45, 2.75) is 81.8 Å². The molecular weight excluding hydrogens is 616 g/mol. The number of aliphatic hydroxyl groups is 1. The third-order valence-electron chi connectivity index (χ3n) is 8.22. The van der Waals surface area contributed by atoms with Crippen LogP contribution >= 0.6 is 0 Å². The van der Waals surface area contributed by atoms with E-state index < -0.39 is 39.7 Å². The Morgan fingerprint density at radius 3 is 1.96 bits per heavy atom. The van der Waals surface area contributed by atoms with E-state index in [2.05, 4.69) is 10.6 Å². The molecule has 0 spiro atoms. The number of hydrogen-bond acceptors (Lipinski definition) is 7. The Morgan fingerprint density at radius 1 is 0.915 bits per heavy atom. The summed E-state index contributed by atoms with van der Waals surface area (Å²) in [4.78, 5) is 26.6. The predicted octanol–water partition coefficient (Wildman–Crippen LogP) is 5.29. The molecule has 0 saturated carbocycles. The first-order valence-electron chi connectivity index (χ1n) is 16.0. The number of carbonyl (C=O) groups excluding carboxylic acids is 2. The van der Waals surface area contributed by atoms with E-state index >= 15 is 0 Å². The summed E-state index contributed by atoms with van der Waals surface area (Å²) in [6.45, 7) is 7.73. The average molecular weight is 667 g/mol. The Bertz CT molecular complexity index is 1480. The van der Waals surface area contributed by atoms with Crippen LogP contribution < -0.4 is 16.4 Å². The second-order valence-corrected chi connectivity index (χ2v) is 14.8. The summed E-state index contributed by atoms with van der Waals surface area (Å²) in [6.07, 6.45) is 1.29. The van der Waals surface area contributed by atoms with Crippen LogP contribution in [0.4, 0.5) is 10.5 Å². The van der Waals surface area contributed by atoms with Gasteiger partial charge in [0.1, 0.15) is 6.04 Å². The lowest BCUT2D eigenvalue weighted by Crippen LogP contribution is -2.55. The zero-order valence-electron chi connectivity index (χ0n) is 28.1. The first-order chi connectivity index (χ1) is 22.3. The van der Waals surface area contributed by atoms with E-state index in [-0.39, 0.29) is 29.9 Å². The zero-order valence-corrected chi connectivity index (χ0v) is 28.9. The molecule has 0 aliphatic rings. The summed E-state index contributed by atoms with van der Waals surface area (Å²) in [6, 6.07) is 23.4. The molecule has 2 amide bonds. The van der Waals surface area contributed by atoms with Crippen molar-refractivity contribution in [2.75, 3.05) is 26.0 Å². The number of nitrogens with two attached hydrogens (primary N) is 1. The molecule has 2 unspecified atom stereocenters. The summed E-state index contributed by atoms with van der Waals surface area (Å²) in [5.74, 6) is -0.629. The molecule has 11 heteroatoms. The Kier molecular flexibility index (Phi) is 13.8. The Labute approximate surface area is 279 Å². The summed E-state index contributed by atoms with van der Waals surface area (Å²) in [5, 5.41) is 16.3. The minimum absolute atomic E-state index is 0.122. The standard InChI is InChI=1S/C36H50N4O6S/c1-26(2)22-24-40(47(44,45)31-20-18-29(37)19-21-31)30(25-41)17-12-23-36(3,4)39-34(42)33(38-35(43)46-5)32(27-13-8-6-9-14-27)28-15-10-7-11-16-28/h6-11,13-16,18-21,26,30,32-33,41H,12,17,22-25,37H2,1-5H3,(H,38,43)(H,39,42). The van der Waals surface area contributed by atoms with Gasteiger partial charge in [-0.3, -0.25) is 4.79 Å². The molecular formula is C36H50N4O6S. The molecule has 0 aromatic heterocycles. The normalized spacial score (nSPS) is 13.4. The number of rotatable bonds is 17. The van der Waals surface area contributed by atoms with Gasteiger partial charge in [-0.2, -0.15) is 4.31 Å². The number of hydrogen-bond donors (Lipinski definition) is 4. The van der Waals surface area contributed by atoms with Crippen LogP contribution in [0.15, 0.2) is 89.8 Å². The number of carbonyl (C=O) groups is 2. The number of benzene rings is 3. The molecule has 3 aromatic carbocycles. The molecule has 3 aromatic rings. The van der Waals surface area contributed by atoms with Crippen LogP contribution in [0.25, 0.3) is 0 Å². The van der Waals surface area contributed by atoms with Crippen molar-refractivity contribution in [2.24, 2.45) is 5.92 Å². The molecule has 10 nitrogen and oxygen atoms in total. The highest BCUT2D eigenvalue weighted by molar-refractivity contribution is 7.89. The predicted molar refractivity (Wildman–Crippen MR) is 185 cm³/mol. The van der Waals surface area contributed by atoms with Gasteiger partial charge in [-0.25, -0.2) is 13.2 Å². The van der Waals surface area contributed by atoms with Gasteiger partial charge in [-0.05, 0) is 80.8 Å². The number of nitrogens with zero attached hydrogens (tertiary/aromatic N) is 1. The average Bonchev–Trinajstić information content (AvgIpc) is 3.04. The van der Waals surface area contributed by atoms with Crippen molar-refractivity contribution in [3.8, 4) is 0 Å². The Balaban J connectivity index is 1.80. The van der Waals surface area contributed by atoms with Gasteiger partial charge in [0.2, 0.25) is 15.9 Å². The number of alkyl carbamates (subject to hydrolysis) is 1. The van der Waals surface area contributed by atoms with Crippen molar-refractivity contribution >= 4 is 27.7 Å². The van der Waals surface area contributed by atoms with Gasteiger partial charge in [0.15, 0.2) is 0 Å². The fourth-order valence-electron chi connectivity index (χ4n) is 5.62. The maximum atomic E-state index is 14.0. The largest absolute Gasteiger partial charge is 0.453 e.